The van der Waals surface area contributed by atoms with E-state index >= 15 is 0 Å². The summed E-state index contributed by atoms with van der Waals surface area (Å²) < 4.78 is 5.14. The highest BCUT2D eigenvalue weighted by Crippen LogP contribution is 2.16. The molecule has 0 saturated carbocycles. The molecule has 0 bridgehead atoms. The lowest BCUT2D eigenvalue weighted by atomic mass is 10.0. The summed E-state index contributed by atoms with van der Waals surface area (Å²) in [7, 11) is 0. The number of oxime groups is 1. The van der Waals surface area contributed by atoms with E-state index in [1.54, 1.807) is 6.07 Å². The van der Waals surface area contributed by atoms with Crippen LogP contribution in [-0.2, 0) is 11.3 Å². The Kier molecular flexibility index (Phi) is 4.93. The van der Waals surface area contributed by atoms with Crippen molar-refractivity contribution in [2.45, 2.75) is 38.7 Å². The lowest BCUT2D eigenvalue weighted by Gasteiger charge is -2.07. The molecule has 1 N–H and O–H groups in total. The Labute approximate surface area is 140 Å². The minimum absolute atomic E-state index is 0.0268. The zero-order valence-corrected chi connectivity index (χ0v) is 13.9. The number of amides is 1. The van der Waals surface area contributed by atoms with Gasteiger partial charge in [0.1, 0.15) is 11.9 Å². The predicted molar refractivity (Wildman–Crippen MR) is 90.0 cm³/mol. The van der Waals surface area contributed by atoms with Crippen molar-refractivity contribution in [3.05, 3.63) is 53.4 Å². The van der Waals surface area contributed by atoms with E-state index in [0.717, 1.165) is 12.1 Å². The van der Waals surface area contributed by atoms with Crippen LogP contribution in [-0.4, -0.2) is 29.4 Å². The van der Waals surface area contributed by atoms with Crippen molar-refractivity contribution in [2.75, 3.05) is 6.54 Å². The number of hydrogen-bond acceptors (Lipinski definition) is 5. The molecule has 6 heteroatoms. The van der Waals surface area contributed by atoms with Gasteiger partial charge in [-0.05, 0) is 5.56 Å². The summed E-state index contributed by atoms with van der Waals surface area (Å²) in [6.07, 6.45) is 1.55. The van der Waals surface area contributed by atoms with Gasteiger partial charge in [0.05, 0.1) is 12.3 Å². The average Bonchev–Trinajstić information content (AvgIpc) is 3.23. The molecule has 1 aliphatic heterocycles. The summed E-state index contributed by atoms with van der Waals surface area (Å²) in [4.78, 5) is 17.5. The molecule has 1 aliphatic rings. The third kappa shape index (κ3) is 4.01. The molecule has 3 rings (SSSR count). The maximum absolute atomic E-state index is 12.1. The molecule has 1 aromatic carbocycles. The number of benzene rings is 1. The summed E-state index contributed by atoms with van der Waals surface area (Å²) in [6.45, 7) is 4.33. The second kappa shape index (κ2) is 7.29. The number of nitrogens with zero attached hydrogens (tertiary/aromatic N) is 2. The molecule has 0 radical (unpaired) electrons. The molecule has 1 amide bonds. The highest BCUT2D eigenvalue weighted by molar-refractivity contribution is 5.96. The van der Waals surface area contributed by atoms with Gasteiger partial charge in [0.15, 0.2) is 5.69 Å². The Hall–Kier alpha value is -2.63. The quantitative estimate of drug-likeness (QED) is 0.885. The van der Waals surface area contributed by atoms with Gasteiger partial charge in [-0.3, -0.25) is 4.79 Å². The first-order chi connectivity index (χ1) is 11.6. The number of hydrogen-bond donors (Lipinski definition) is 1. The zero-order valence-electron chi connectivity index (χ0n) is 13.9. The second-order valence-corrected chi connectivity index (χ2v) is 6.23. The Morgan fingerprint density at radius 3 is 2.83 bits per heavy atom. The van der Waals surface area contributed by atoms with Crippen LogP contribution in [0.3, 0.4) is 0 Å². The molecule has 0 spiro atoms. The van der Waals surface area contributed by atoms with Crippen LogP contribution in [0.25, 0.3) is 0 Å². The normalized spacial score (nSPS) is 16.8. The Bertz CT molecular complexity index is 722. The summed E-state index contributed by atoms with van der Waals surface area (Å²) >= 11 is 0. The van der Waals surface area contributed by atoms with E-state index < -0.39 is 0 Å². The lowest BCUT2D eigenvalue weighted by Crippen LogP contribution is -2.29. The molecular weight excluding hydrogens is 306 g/mol. The van der Waals surface area contributed by atoms with Crippen molar-refractivity contribution < 1.29 is 14.2 Å². The van der Waals surface area contributed by atoms with E-state index in [9.17, 15) is 4.79 Å². The van der Waals surface area contributed by atoms with Gasteiger partial charge in [0.25, 0.3) is 5.91 Å². The van der Waals surface area contributed by atoms with Crippen molar-refractivity contribution in [2.24, 2.45) is 5.16 Å². The van der Waals surface area contributed by atoms with Crippen LogP contribution in [0.1, 0.15) is 48.0 Å². The zero-order chi connectivity index (χ0) is 16.9. The Morgan fingerprint density at radius 1 is 1.33 bits per heavy atom. The van der Waals surface area contributed by atoms with Gasteiger partial charge < -0.3 is 14.7 Å². The molecule has 2 aromatic rings. The summed E-state index contributed by atoms with van der Waals surface area (Å²) in [5, 5.41) is 10.7. The first-order valence-corrected chi connectivity index (χ1v) is 8.12. The number of nitrogens with one attached hydrogen (secondary N) is 1. The molecule has 1 aromatic heterocycles. The fourth-order valence-electron chi connectivity index (χ4n) is 2.52. The van der Waals surface area contributed by atoms with Gasteiger partial charge in [0.2, 0.25) is 0 Å². The maximum atomic E-state index is 12.1. The molecule has 0 saturated heterocycles. The summed E-state index contributed by atoms with van der Waals surface area (Å²) in [5.41, 5.74) is 2.34. The topological polar surface area (TPSA) is 76.7 Å². The first-order valence-electron chi connectivity index (χ1n) is 8.12. The molecule has 24 heavy (non-hydrogen) atoms. The third-order valence-corrected chi connectivity index (χ3v) is 3.88. The van der Waals surface area contributed by atoms with Crippen molar-refractivity contribution in [3.63, 3.8) is 0 Å². The van der Waals surface area contributed by atoms with Gasteiger partial charge in [0, 0.05) is 24.8 Å². The van der Waals surface area contributed by atoms with Gasteiger partial charge >= 0.3 is 0 Å². The highest BCUT2D eigenvalue weighted by Gasteiger charge is 2.22. The molecule has 0 aliphatic carbocycles. The van der Waals surface area contributed by atoms with Gasteiger partial charge in [-0.15, -0.1) is 0 Å². The van der Waals surface area contributed by atoms with Gasteiger partial charge in [-0.1, -0.05) is 54.5 Å². The standard InChI is InChI=1S/C18H21N3O3/c1-12(2)17-10-16(21-24-17)18(22)19-11-14-9-15(23-20-14)8-13-6-4-3-5-7-13/h3-7,10,12,15H,8-9,11H2,1-2H3,(H,19,22). The van der Waals surface area contributed by atoms with Crippen LogP contribution in [0.5, 0.6) is 0 Å². The lowest BCUT2D eigenvalue weighted by molar-refractivity contribution is 0.0859. The maximum Gasteiger partial charge on any atom is 0.273 e. The molecule has 6 nitrogen and oxygen atoms in total. The molecule has 0 fully saturated rings. The fourth-order valence-corrected chi connectivity index (χ4v) is 2.52. The van der Waals surface area contributed by atoms with Crippen molar-refractivity contribution in [1.82, 2.24) is 10.5 Å². The average molecular weight is 327 g/mol. The fraction of sp³-hybridized carbons (Fsp3) is 0.389. The number of carbonyl (C=O) groups is 1. The van der Waals surface area contributed by atoms with Crippen molar-refractivity contribution in [3.8, 4) is 0 Å². The smallest absolute Gasteiger partial charge is 0.273 e. The molecular formula is C18H21N3O3. The van der Waals surface area contributed by atoms with Crippen molar-refractivity contribution >= 4 is 11.6 Å². The van der Waals surface area contributed by atoms with Crippen LogP contribution in [0.4, 0.5) is 0 Å². The van der Waals surface area contributed by atoms with Gasteiger partial charge in [-0.25, -0.2) is 0 Å². The van der Waals surface area contributed by atoms with Crippen LogP contribution in [0, 0.1) is 0 Å². The van der Waals surface area contributed by atoms with Crippen LogP contribution in [0.15, 0.2) is 46.1 Å². The van der Waals surface area contributed by atoms with Crippen LogP contribution < -0.4 is 5.32 Å². The van der Waals surface area contributed by atoms with Crippen LogP contribution >= 0.6 is 0 Å². The monoisotopic (exact) mass is 327 g/mol. The van der Waals surface area contributed by atoms with E-state index in [2.05, 4.69) is 27.8 Å². The highest BCUT2D eigenvalue weighted by atomic mass is 16.6. The van der Waals surface area contributed by atoms with E-state index in [0.29, 0.717) is 24.4 Å². The van der Waals surface area contributed by atoms with Gasteiger partial charge in [-0.2, -0.15) is 0 Å². The molecule has 2 heterocycles. The van der Waals surface area contributed by atoms with E-state index in [4.69, 9.17) is 9.36 Å². The Morgan fingerprint density at radius 2 is 2.12 bits per heavy atom. The summed E-state index contributed by atoms with van der Waals surface area (Å²) in [5.74, 6) is 0.634. The number of carbonyl (C=O) groups excluding carboxylic acids is 1. The Balaban J connectivity index is 1.46. The third-order valence-electron chi connectivity index (χ3n) is 3.88. The largest absolute Gasteiger partial charge is 0.392 e. The van der Waals surface area contributed by atoms with E-state index in [1.807, 2.05) is 32.0 Å². The molecule has 1 atom stereocenters. The van der Waals surface area contributed by atoms with Crippen molar-refractivity contribution in [1.29, 1.82) is 0 Å². The SMILES string of the molecule is CC(C)c1cc(C(=O)NCC2=NOC(Cc3ccccc3)C2)no1. The van der Waals surface area contributed by atoms with Crippen LogP contribution in [0.2, 0.25) is 0 Å². The first kappa shape index (κ1) is 16.2. The predicted octanol–water partition coefficient (Wildman–Crippen LogP) is 2.92. The van der Waals surface area contributed by atoms with E-state index in [1.165, 1.54) is 5.56 Å². The summed E-state index contributed by atoms with van der Waals surface area (Å²) in [6, 6.07) is 11.8. The second-order valence-electron chi connectivity index (χ2n) is 6.23. The molecule has 1 unspecified atom stereocenters. The minimum Gasteiger partial charge on any atom is -0.392 e. The molecule has 126 valence electrons. The minimum atomic E-state index is -0.264. The number of rotatable bonds is 6. The number of aromatic nitrogens is 1. The van der Waals surface area contributed by atoms with E-state index in [-0.39, 0.29) is 17.9 Å².